The molecule has 3 N–H and O–H groups in total. The lowest BCUT2D eigenvalue weighted by molar-refractivity contribution is 0.0525. The number of benzene rings is 1. The summed E-state index contributed by atoms with van der Waals surface area (Å²) in [6.07, 6.45) is 2.99. The van der Waals surface area contributed by atoms with Crippen molar-refractivity contribution in [3.8, 4) is 0 Å². The molecule has 5 heteroatoms. The number of rotatable bonds is 4. The molecule has 1 aromatic carbocycles. The van der Waals surface area contributed by atoms with Crippen molar-refractivity contribution in [3.05, 3.63) is 29.6 Å². The number of hydrogen-bond acceptors (Lipinski definition) is 3. The van der Waals surface area contributed by atoms with Crippen LogP contribution in [0.2, 0.25) is 0 Å². The van der Waals surface area contributed by atoms with Crippen molar-refractivity contribution in [2.45, 2.75) is 25.3 Å². The summed E-state index contributed by atoms with van der Waals surface area (Å²) in [6, 6.07) is 4.23. The molecule has 0 bridgehead atoms. The van der Waals surface area contributed by atoms with Crippen LogP contribution in [0.4, 0.5) is 10.1 Å². The summed E-state index contributed by atoms with van der Waals surface area (Å²) in [4.78, 5) is 13.9. The first kappa shape index (κ1) is 12.8. The van der Waals surface area contributed by atoms with Crippen molar-refractivity contribution in [3.63, 3.8) is 0 Å². The summed E-state index contributed by atoms with van der Waals surface area (Å²) in [6.45, 7) is 0.204. The number of nitrogen functional groups attached to an aromatic ring is 1. The van der Waals surface area contributed by atoms with Gasteiger partial charge in [-0.05, 0) is 37.5 Å². The second-order valence-electron chi connectivity index (χ2n) is 4.54. The predicted molar refractivity (Wildman–Crippen MR) is 66.6 cm³/mol. The molecule has 1 aliphatic carbocycles. The van der Waals surface area contributed by atoms with Gasteiger partial charge in [-0.25, -0.2) is 4.39 Å². The van der Waals surface area contributed by atoms with Gasteiger partial charge in [0.05, 0.1) is 12.3 Å². The number of nitrogens with two attached hydrogens (primary N) is 1. The average molecular weight is 252 g/mol. The zero-order chi connectivity index (χ0) is 13.1. The third kappa shape index (κ3) is 2.46. The van der Waals surface area contributed by atoms with Crippen molar-refractivity contribution in [1.29, 1.82) is 0 Å². The molecule has 1 saturated carbocycles. The van der Waals surface area contributed by atoms with Crippen LogP contribution in [0.5, 0.6) is 0 Å². The van der Waals surface area contributed by atoms with E-state index < -0.39 is 5.82 Å². The van der Waals surface area contributed by atoms with Gasteiger partial charge in [-0.15, -0.1) is 0 Å². The van der Waals surface area contributed by atoms with Gasteiger partial charge in [-0.2, -0.15) is 0 Å². The van der Waals surface area contributed by atoms with Crippen molar-refractivity contribution < 1.29 is 14.3 Å². The van der Waals surface area contributed by atoms with Crippen LogP contribution in [-0.4, -0.2) is 35.1 Å². The first-order valence-electron chi connectivity index (χ1n) is 6.10. The Balaban J connectivity index is 2.18. The molecule has 0 unspecified atom stereocenters. The molecular weight excluding hydrogens is 235 g/mol. The Morgan fingerprint density at radius 1 is 1.50 bits per heavy atom. The third-order valence-electron chi connectivity index (χ3n) is 3.36. The van der Waals surface area contributed by atoms with Crippen LogP contribution in [0.15, 0.2) is 18.2 Å². The van der Waals surface area contributed by atoms with Gasteiger partial charge in [0.1, 0.15) is 5.82 Å². The van der Waals surface area contributed by atoms with E-state index in [1.807, 2.05) is 0 Å². The monoisotopic (exact) mass is 252 g/mol. The van der Waals surface area contributed by atoms with Gasteiger partial charge in [0, 0.05) is 18.2 Å². The van der Waals surface area contributed by atoms with Gasteiger partial charge < -0.3 is 15.7 Å². The average Bonchev–Trinajstić information content (AvgIpc) is 2.29. The third-order valence-corrected chi connectivity index (χ3v) is 3.36. The topological polar surface area (TPSA) is 66.6 Å². The summed E-state index contributed by atoms with van der Waals surface area (Å²) in [7, 11) is 0. The van der Waals surface area contributed by atoms with Crippen LogP contribution in [0.3, 0.4) is 0 Å². The Bertz CT molecular complexity index is 447. The molecule has 2 rings (SSSR count). The normalized spacial score (nSPS) is 15.2. The molecule has 1 aromatic rings. The zero-order valence-corrected chi connectivity index (χ0v) is 10.1. The first-order chi connectivity index (χ1) is 8.63. The second kappa shape index (κ2) is 5.35. The van der Waals surface area contributed by atoms with E-state index in [1.165, 1.54) is 12.1 Å². The van der Waals surface area contributed by atoms with E-state index in [0.29, 0.717) is 0 Å². The Hall–Kier alpha value is -1.62. The molecule has 98 valence electrons. The van der Waals surface area contributed by atoms with Gasteiger partial charge in [0.15, 0.2) is 0 Å². The number of halogens is 1. The summed E-state index contributed by atoms with van der Waals surface area (Å²) < 4.78 is 13.3. The number of aliphatic hydroxyl groups is 1. The molecule has 0 radical (unpaired) electrons. The van der Waals surface area contributed by atoms with Gasteiger partial charge in [-0.1, -0.05) is 0 Å². The van der Waals surface area contributed by atoms with E-state index in [1.54, 1.807) is 4.90 Å². The second-order valence-corrected chi connectivity index (χ2v) is 4.54. The van der Waals surface area contributed by atoms with E-state index in [4.69, 9.17) is 10.8 Å². The van der Waals surface area contributed by atoms with Gasteiger partial charge >= 0.3 is 0 Å². The summed E-state index contributed by atoms with van der Waals surface area (Å²) in [5.41, 5.74) is 5.69. The molecule has 18 heavy (non-hydrogen) atoms. The first-order valence-corrected chi connectivity index (χ1v) is 6.10. The van der Waals surface area contributed by atoms with E-state index in [0.717, 1.165) is 25.3 Å². The maximum atomic E-state index is 13.3. The highest BCUT2D eigenvalue weighted by atomic mass is 19.1. The molecule has 0 atom stereocenters. The summed E-state index contributed by atoms with van der Waals surface area (Å²) in [5, 5.41) is 9.01. The van der Waals surface area contributed by atoms with Gasteiger partial charge in [-0.3, -0.25) is 4.79 Å². The Kier molecular flexibility index (Phi) is 3.81. The minimum Gasteiger partial charge on any atom is -0.396 e. The van der Waals surface area contributed by atoms with Gasteiger partial charge in [0.2, 0.25) is 0 Å². The number of amides is 1. The molecule has 1 fully saturated rings. The molecule has 0 saturated heterocycles. The Morgan fingerprint density at radius 2 is 2.22 bits per heavy atom. The molecule has 0 spiro atoms. The molecule has 0 heterocycles. The highest BCUT2D eigenvalue weighted by Crippen LogP contribution is 2.26. The van der Waals surface area contributed by atoms with E-state index >= 15 is 0 Å². The number of carbonyl (C=O) groups is 1. The van der Waals surface area contributed by atoms with Crippen LogP contribution < -0.4 is 5.73 Å². The molecule has 1 amide bonds. The fraction of sp³-hybridized carbons (Fsp3) is 0.462. The minimum atomic E-state index is -0.585. The van der Waals surface area contributed by atoms with Gasteiger partial charge in [0.25, 0.3) is 5.91 Å². The lowest BCUT2D eigenvalue weighted by Gasteiger charge is -2.37. The molecule has 0 aromatic heterocycles. The van der Waals surface area contributed by atoms with Crippen molar-refractivity contribution >= 4 is 11.6 Å². The number of aliphatic hydroxyl groups excluding tert-OH is 1. The van der Waals surface area contributed by atoms with Crippen LogP contribution in [-0.2, 0) is 0 Å². The predicted octanol–water partition coefficient (Wildman–Crippen LogP) is 1.39. The number of hydrogen-bond donors (Lipinski definition) is 2. The highest BCUT2D eigenvalue weighted by molar-refractivity contribution is 5.94. The van der Waals surface area contributed by atoms with E-state index in [9.17, 15) is 9.18 Å². The standard InChI is InChI=1S/C13H17FN2O2/c14-11-8-9(4-5-12(11)15)13(18)16(6-7-17)10-2-1-3-10/h4-5,8,10,17H,1-3,6-7,15H2. The molecule has 0 aliphatic heterocycles. The summed E-state index contributed by atoms with van der Waals surface area (Å²) >= 11 is 0. The highest BCUT2D eigenvalue weighted by Gasteiger charge is 2.29. The zero-order valence-electron chi connectivity index (χ0n) is 10.1. The fourth-order valence-corrected chi connectivity index (χ4v) is 2.08. The smallest absolute Gasteiger partial charge is 0.254 e. The maximum absolute atomic E-state index is 13.3. The largest absolute Gasteiger partial charge is 0.396 e. The Labute approximate surface area is 105 Å². The van der Waals surface area contributed by atoms with Crippen LogP contribution in [0.1, 0.15) is 29.6 Å². The number of anilines is 1. The van der Waals surface area contributed by atoms with Crippen molar-refractivity contribution in [2.24, 2.45) is 0 Å². The number of nitrogens with zero attached hydrogens (tertiary/aromatic N) is 1. The van der Waals surface area contributed by atoms with Crippen LogP contribution in [0.25, 0.3) is 0 Å². The minimum absolute atomic E-state index is 0.0314. The lowest BCUT2D eigenvalue weighted by atomic mass is 9.91. The van der Waals surface area contributed by atoms with E-state index in [2.05, 4.69) is 0 Å². The molecule has 1 aliphatic rings. The van der Waals surface area contributed by atoms with Crippen molar-refractivity contribution in [2.75, 3.05) is 18.9 Å². The quantitative estimate of drug-likeness (QED) is 0.796. The Morgan fingerprint density at radius 3 is 2.72 bits per heavy atom. The lowest BCUT2D eigenvalue weighted by Crippen LogP contribution is -2.45. The number of carbonyl (C=O) groups excluding carboxylic acids is 1. The molecular formula is C13H17FN2O2. The van der Waals surface area contributed by atoms with Crippen LogP contribution >= 0.6 is 0 Å². The maximum Gasteiger partial charge on any atom is 0.254 e. The van der Waals surface area contributed by atoms with Crippen molar-refractivity contribution in [1.82, 2.24) is 4.90 Å². The van der Waals surface area contributed by atoms with Crippen LogP contribution in [0, 0.1) is 5.82 Å². The molecule has 4 nitrogen and oxygen atoms in total. The van der Waals surface area contributed by atoms with E-state index in [-0.39, 0.29) is 36.4 Å². The fourth-order valence-electron chi connectivity index (χ4n) is 2.08. The SMILES string of the molecule is Nc1ccc(C(=O)N(CCO)C2CCC2)cc1F. The summed E-state index contributed by atoms with van der Waals surface area (Å²) in [5.74, 6) is -0.828.